The summed E-state index contributed by atoms with van der Waals surface area (Å²) in [6, 6.07) is 0. The molecule has 5 heteroatoms. The Hall–Kier alpha value is -1.23. The van der Waals surface area contributed by atoms with Crippen LogP contribution < -0.4 is 11.1 Å². The van der Waals surface area contributed by atoms with Crippen molar-refractivity contribution >= 4 is 23.0 Å². The van der Waals surface area contributed by atoms with Crippen molar-refractivity contribution in [2.24, 2.45) is 17.6 Å². The molecule has 0 aromatic carbocycles. The molecule has 4 nitrogen and oxygen atoms in total. The summed E-state index contributed by atoms with van der Waals surface area (Å²) in [7, 11) is 0. The molecule has 0 aliphatic heterocycles. The largest absolute Gasteiger partial charge is 0.389 e. The second kappa shape index (κ2) is 7.16. The fourth-order valence-corrected chi connectivity index (χ4v) is 3.54. The number of rotatable bonds is 6. The maximum atomic E-state index is 5.95. The number of aryl methyl sites for hydroxylation is 1. The van der Waals surface area contributed by atoms with Crippen molar-refractivity contribution in [2.75, 3.05) is 11.9 Å². The summed E-state index contributed by atoms with van der Waals surface area (Å²) in [6.45, 7) is 7.46. The Morgan fingerprint density at radius 2 is 2.05 bits per heavy atom. The fraction of sp³-hybridized carbons (Fsp3) is 0.688. The van der Waals surface area contributed by atoms with Crippen molar-refractivity contribution in [3.05, 3.63) is 16.8 Å². The van der Waals surface area contributed by atoms with Crippen LogP contribution >= 0.6 is 12.2 Å². The lowest BCUT2D eigenvalue weighted by atomic mass is 9.98. The van der Waals surface area contributed by atoms with Crippen molar-refractivity contribution in [3.63, 3.8) is 0 Å². The minimum atomic E-state index is 0.415. The van der Waals surface area contributed by atoms with E-state index in [1.165, 1.54) is 19.3 Å². The fourth-order valence-electron chi connectivity index (χ4n) is 3.32. The van der Waals surface area contributed by atoms with Crippen LogP contribution in [-0.2, 0) is 12.8 Å². The standard InChI is InChI=1S/C16H26N4S/c1-4-12-13(5-2)19-20-16(14(12)15(17)21)18-9-11-8-6-7-10(11)3/h10-11H,4-9H2,1-3H3,(H2,17,21)(H,18,20). The normalized spacial score (nSPS) is 21.5. The van der Waals surface area contributed by atoms with E-state index in [4.69, 9.17) is 18.0 Å². The highest BCUT2D eigenvalue weighted by Crippen LogP contribution is 2.31. The van der Waals surface area contributed by atoms with E-state index in [2.05, 4.69) is 36.3 Å². The maximum absolute atomic E-state index is 5.95. The van der Waals surface area contributed by atoms with Gasteiger partial charge in [-0.2, -0.15) is 5.10 Å². The number of aromatic nitrogens is 2. The van der Waals surface area contributed by atoms with Crippen molar-refractivity contribution in [3.8, 4) is 0 Å². The highest BCUT2D eigenvalue weighted by molar-refractivity contribution is 7.80. The number of nitrogens with two attached hydrogens (primary N) is 1. The molecule has 0 radical (unpaired) electrons. The Morgan fingerprint density at radius 1 is 1.29 bits per heavy atom. The first-order valence-corrected chi connectivity index (χ1v) is 8.41. The quantitative estimate of drug-likeness (QED) is 0.791. The van der Waals surface area contributed by atoms with Crippen LogP contribution in [0, 0.1) is 11.8 Å². The van der Waals surface area contributed by atoms with Gasteiger partial charge in [-0.05, 0) is 36.7 Å². The molecule has 2 unspecified atom stereocenters. The lowest BCUT2D eigenvalue weighted by Gasteiger charge is -2.19. The lowest BCUT2D eigenvalue weighted by molar-refractivity contribution is 0.439. The minimum Gasteiger partial charge on any atom is -0.389 e. The molecule has 3 N–H and O–H groups in total. The van der Waals surface area contributed by atoms with Gasteiger partial charge in [0.2, 0.25) is 0 Å². The van der Waals surface area contributed by atoms with E-state index in [0.717, 1.165) is 47.9 Å². The Balaban J connectivity index is 2.24. The van der Waals surface area contributed by atoms with Crippen molar-refractivity contribution < 1.29 is 0 Å². The predicted octanol–water partition coefficient (Wildman–Crippen LogP) is 3.08. The number of hydrogen-bond donors (Lipinski definition) is 2. The van der Waals surface area contributed by atoms with Crippen LogP contribution in [0.15, 0.2) is 0 Å². The van der Waals surface area contributed by atoms with Gasteiger partial charge in [-0.25, -0.2) is 0 Å². The van der Waals surface area contributed by atoms with E-state index >= 15 is 0 Å². The Bertz CT molecular complexity index is 515. The van der Waals surface area contributed by atoms with Crippen LogP contribution in [0.1, 0.15) is 56.9 Å². The number of hydrogen-bond acceptors (Lipinski definition) is 4. The van der Waals surface area contributed by atoms with Crippen LogP contribution in [0.5, 0.6) is 0 Å². The molecule has 2 atom stereocenters. The zero-order valence-corrected chi connectivity index (χ0v) is 14.1. The first kappa shape index (κ1) is 16.1. The molecule has 1 aliphatic rings. The van der Waals surface area contributed by atoms with Crippen LogP contribution in [-0.4, -0.2) is 21.7 Å². The monoisotopic (exact) mass is 306 g/mol. The van der Waals surface area contributed by atoms with E-state index in [9.17, 15) is 0 Å². The van der Waals surface area contributed by atoms with Gasteiger partial charge in [0.1, 0.15) is 4.99 Å². The van der Waals surface area contributed by atoms with E-state index in [1.54, 1.807) is 0 Å². The van der Waals surface area contributed by atoms with Gasteiger partial charge in [0.15, 0.2) is 5.82 Å². The van der Waals surface area contributed by atoms with Crippen molar-refractivity contribution in [2.45, 2.75) is 52.9 Å². The van der Waals surface area contributed by atoms with Crippen molar-refractivity contribution in [1.82, 2.24) is 10.2 Å². The van der Waals surface area contributed by atoms with E-state index in [0.29, 0.717) is 10.9 Å². The zero-order valence-electron chi connectivity index (χ0n) is 13.3. The van der Waals surface area contributed by atoms with Gasteiger partial charge in [-0.3, -0.25) is 0 Å². The van der Waals surface area contributed by atoms with Crippen LogP contribution in [0.2, 0.25) is 0 Å². The minimum absolute atomic E-state index is 0.415. The molecule has 1 saturated carbocycles. The molecular weight excluding hydrogens is 280 g/mol. The van der Waals surface area contributed by atoms with Crippen molar-refractivity contribution in [1.29, 1.82) is 0 Å². The molecule has 0 amide bonds. The molecule has 1 heterocycles. The Kier molecular flexibility index (Phi) is 5.51. The molecular formula is C16H26N4S. The van der Waals surface area contributed by atoms with E-state index < -0.39 is 0 Å². The summed E-state index contributed by atoms with van der Waals surface area (Å²) in [4.78, 5) is 0.415. The third-order valence-electron chi connectivity index (χ3n) is 4.66. The first-order chi connectivity index (χ1) is 10.1. The molecule has 0 spiro atoms. The molecule has 116 valence electrons. The smallest absolute Gasteiger partial charge is 0.159 e. The summed E-state index contributed by atoms with van der Waals surface area (Å²) in [5.74, 6) is 2.25. The average Bonchev–Trinajstić information content (AvgIpc) is 2.88. The van der Waals surface area contributed by atoms with Gasteiger partial charge < -0.3 is 11.1 Å². The third-order valence-corrected chi connectivity index (χ3v) is 4.87. The molecule has 0 saturated heterocycles. The van der Waals surface area contributed by atoms with Gasteiger partial charge in [0.05, 0.1) is 11.3 Å². The van der Waals surface area contributed by atoms with E-state index in [-0.39, 0.29) is 0 Å². The second-order valence-electron chi connectivity index (χ2n) is 5.97. The highest BCUT2D eigenvalue weighted by Gasteiger charge is 2.24. The molecule has 0 bridgehead atoms. The highest BCUT2D eigenvalue weighted by atomic mass is 32.1. The SMILES string of the molecule is CCc1nnc(NCC2CCCC2C)c(C(N)=S)c1CC. The summed E-state index contributed by atoms with van der Waals surface area (Å²) in [5, 5.41) is 12.1. The summed E-state index contributed by atoms with van der Waals surface area (Å²) < 4.78 is 0. The Labute approximate surface area is 132 Å². The molecule has 1 aliphatic carbocycles. The molecule has 21 heavy (non-hydrogen) atoms. The van der Waals surface area contributed by atoms with Gasteiger partial charge >= 0.3 is 0 Å². The molecule has 2 rings (SSSR count). The van der Waals surface area contributed by atoms with Gasteiger partial charge in [-0.1, -0.05) is 45.8 Å². The van der Waals surface area contributed by atoms with Crippen LogP contribution in [0.3, 0.4) is 0 Å². The van der Waals surface area contributed by atoms with E-state index in [1.807, 2.05) is 0 Å². The van der Waals surface area contributed by atoms with Crippen LogP contribution in [0.4, 0.5) is 5.82 Å². The first-order valence-electron chi connectivity index (χ1n) is 8.00. The number of thiocarbonyl (C=S) groups is 1. The summed E-state index contributed by atoms with van der Waals surface area (Å²) in [6.07, 6.45) is 5.68. The summed E-state index contributed by atoms with van der Waals surface area (Å²) in [5.41, 5.74) is 8.98. The zero-order chi connectivity index (χ0) is 15.4. The second-order valence-corrected chi connectivity index (χ2v) is 6.41. The predicted molar refractivity (Wildman–Crippen MR) is 91.7 cm³/mol. The molecule has 1 aromatic rings. The lowest BCUT2D eigenvalue weighted by Crippen LogP contribution is -2.23. The average molecular weight is 306 g/mol. The Morgan fingerprint density at radius 3 is 2.57 bits per heavy atom. The van der Waals surface area contributed by atoms with Gasteiger partial charge in [0.25, 0.3) is 0 Å². The number of nitrogens with zero attached hydrogens (tertiary/aromatic N) is 2. The van der Waals surface area contributed by atoms with Crippen LogP contribution in [0.25, 0.3) is 0 Å². The maximum Gasteiger partial charge on any atom is 0.159 e. The summed E-state index contributed by atoms with van der Waals surface area (Å²) >= 11 is 5.25. The van der Waals surface area contributed by atoms with Gasteiger partial charge in [-0.15, -0.1) is 5.10 Å². The number of anilines is 1. The number of nitrogens with one attached hydrogen (secondary N) is 1. The molecule has 1 aromatic heterocycles. The van der Waals surface area contributed by atoms with Gasteiger partial charge in [0, 0.05) is 6.54 Å². The topological polar surface area (TPSA) is 63.8 Å². The molecule has 1 fully saturated rings. The third kappa shape index (κ3) is 3.51.